The number of nitrogens with zero attached hydrogens (tertiary/aromatic N) is 1. The molecular formula is C12H15ClN2O4. The first-order chi connectivity index (χ1) is 8.97. The molecule has 0 heterocycles. The van der Waals surface area contributed by atoms with Gasteiger partial charge in [0.25, 0.3) is 0 Å². The molecule has 1 aromatic rings. The van der Waals surface area contributed by atoms with Crippen molar-refractivity contribution in [1.82, 2.24) is 0 Å². The van der Waals surface area contributed by atoms with Crippen LogP contribution >= 0.6 is 11.6 Å². The third-order valence-electron chi connectivity index (χ3n) is 2.69. The molecule has 0 aromatic heterocycles. The van der Waals surface area contributed by atoms with Gasteiger partial charge in [-0.15, -0.1) is 0 Å². The fraction of sp³-hybridized carbons (Fsp3) is 0.417. The van der Waals surface area contributed by atoms with E-state index in [-0.39, 0.29) is 22.9 Å². The second-order valence-corrected chi connectivity index (χ2v) is 4.51. The first-order valence-electron chi connectivity index (χ1n) is 5.87. The van der Waals surface area contributed by atoms with E-state index in [1.54, 1.807) is 6.07 Å². The summed E-state index contributed by atoms with van der Waals surface area (Å²) in [4.78, 5) is 21.3. The predicted molar refractivity (Wildman–Crippen MR) is 72.6 cm³/mol. The van der Waals surface area contributed by atoms with E-state index in [9.17, 15) is 14.9 Å². The number of carboxylic acid groups (broad SMARTS) is 1. The molecule has 1 atom stereocenters. The highest BCUT2D eigenvalue weighted by molar-refractivity contribution is 6.33. The van der Waals surface area contributed by atoms with Crippen LogP contribution in [-0.2, 0) is 4.79 Å². The number of para-hydroxylation sites is 1. The van der Waals surface area contributed by atoms with Gasteiger partial charge >= 0.3 is 11.7 Å². The van der Waals surface area contributed by atoms with Crippen LogP contribution in [-0.4, -0.2) is 22.5 Å². The Kier molecular flexibility index (Phi) is 5.57. The van der Waals surface area contributed by atoms with Crippen molar-refractivity contribution >= 4 is 28.9 Å². The first-order valence-corrected chi connectivity index (χ1v) is 6.24. The lowest BCUT2D eigenvalue weighted by molar-refractivity contribution is -0.383. The summed E-state index contributed by atoms with van der Waals surface area (Å²) in [5.41, 5.74) is 0.00431. The molecule has 7 heteroatoms. The molecule has 6 nitrogen and oxygen atoms in total. The van der Waals surface area contributed by atoms with Crippen LogP contribution in [0.2, 0.25) is 5.02 Å². The van der Waals surface area contributed by atoms with Crippen LogP contribution in [0.3, 0.4) is 0 Å². The van der Waals surface area contributed by atoms with Gasteiger partial charge in [0.2, 0.25) is 0 Å². The molecule has 2 N–H and O–H groups in total. The molecule has 1 unspecified atom stereocenters. The topological polar surface area (TPSA) is 92.5 Å². The Hall–Kier alpha value is -1.82. The number of carbonyl (C=O) groups is 1. The second kappa shape index (κ2) is 6.94. The molecule has 0 aliphatic carbocycles. The van der Waals surface area contributed by atoms with E-state index in [0.29, 0.717) is 6.42 Å². The predicted octanol–water partition coefficient (Wildman–Crippen LogP) is 3.16. The number of hydrogen-bond donors (Lipinski definition) is 2. The molecule has 0 bridgehead atoms. The molecule has 0 fully saturated rings. The van der Waals surface area contributed by atoms with Crippen molar-refractivity contribution < 1.29 is 14.8 Å². The molecule has 1 rings (SSSR count). The normalized spacial score (nSPS) is 11.9. The molecule has 104 valence electrons. The average molecular weight is 287 g/mol. The van der Waals surface area contributed by atoms with Gasteiger partial charge in [-0.25, -0.2) is 0 Å². The molecule has 19 heavy (non-hydrogen) atoms. The Morgan fingerprint density at radius 2 is 2.26 bits per heavy atom. The van der Waals surface area contributed by atoms with Gasteiger partial charge in [-0.2, -0.15) is 0 Å². The Morgan fingerprint density at radius 3 is 2.79 bits per heavy atom. The fourth-order valence-corrected chi connectivity index (χ4v) is 1.98. The van der Waals surface area contributed by atoms with Crippen LogP contribution < -0.4 is 5.32 Å². The van der Waals surface area contributed by atoms with Crippen molar-refractivity contribution in [3.63, 3.8) is 0 Å². The van der Waals surface area contributed by atoms with Gasteiger partial charge in [0.15, 0.2) is 0 Å². The van der Waals surface area contributed by atoms with E-state index in [4.69, 9.17) is 16.7 Å². The van der Waals surface area contributed by atoms with Gasteiger partial charge in [0.05, 0.1) is 10.8 Å². The summed E-state index contributed by atoms with van der Waals surface area (Å²) in [6.45, 7) is 2.02. The maximum absolute atomic E-state index is 11.0. The lowest BCUT2D eigenvalue weighted by Crippen LogP contribution is -2.23. The van der Waals surface area contributed by atoms with Crippen LogP contribution in [0.4, 0.5) is 11.4 Å². The molecule has 0 amide bonds. The maximum Gasteiger partial charge on any atom is 0.310 e. The van der Waals surface area contributed by atoms with Crippen molar-refractivity contribution in [2.75, 3.05) is 11.9 Å². The molecule has 0 aliphatic rings. The number of benzene rings is 1. The van der Waals surface area contributed by atoms with Crippen molar-refractivity contribution in [1.29, 1.82) is 0 Å². The average Bonchev–Trinajstić information content (AvgIpc) is 2.33. The van der Waals surface area contributed by atoms with Gasteiger partial charge in [0, 0.05) is 6.54 Å². The van der Waals surface area contributed by atoms with Crippen molar-refractivity contribution in [2.24, 2.45) is 5.92 Å². The van der Waals surface area contributed by atoms with Gasteiger partial charge in [-0.05, 0) is 18.6 Å². The monoisotopic (exact) mass is 286 g/mol. The quantitative estimate of drug-likeness (QED) is 0.593. The number of nitro groups is 1. The zero-order valence-corrected chi connectivity index (χ0v) is 11.2. The Bertz CT molecular complexity index is 479. The SMILES string of the molecule is CCCC(CNc1cccc(Cl)c1[N+](=O)[O-])C(=O)O. The van der Waals surface area contributed by atoms with Crippen LogP contribution in [0.15, 0.2) is 18.2 Å². The highest BCUT2D eigenvalue weighted by Gasteiger charge is 2.21. The van der Waals surface area contributed by atoms with Gasteiger partial charge < -0.3 is 10.4 Å². The number of rotatable bonds is 7. The number of anilines is 1. The molecule has 0 saturated carbocycles. The highest BCUT2D eigenvalue weighted by atomic mass is 35.5. The number of aliphatic carboxylic acids is 1. The number of nitro benzene ring substituents is 1. The van der Waals surface area contributed by atoms with E-state index >= 15 is 0 Å². The first kappa shape index (κ1) is 15.2. The summed E-state index contributed by atoms with van der Waals surface area (Å²) >= 11 is 5.77. The lowest BCUT2D eigenvalue weighted by Gasteiger charge is -2.13. The third-order valence-corrected chi connectivity index (χ3v) is 3.00. The van der Waals surface area contributed by atoms with Crippen LogP contribution in [0.25, 0.3) is 0 Å². The summed E-state index contributed by atoms with van der Waals surface area (Å²) in [6.07, 6.45) is 1.24. The summed E-state index contributed by atoms with van der Waals surface area (Å²) in [6, 6.07) is 4.51. The zero-order valence-electron chi connectivity index (χ0n) is 10.4. The second-order valence-electron chi connectivity index (χ2n) is 4.10. The summed E-state index contributed by atoms with van der Waals surface area (Å²) in [5, 5.41) is 22.7. The van der Waals surface area contributed by atoms with Crippen LogP contribution in [0, 0.1) is 16.0 Å². The molecule has 1 aromatic carbocycles. The number of halogens is 1. The Balaban J connectivity index is 2.85. The van der Waals surface area contributed by atoms with Crippen molar-refractivity contribution in [3.05, 3.63) is 33.3 Å². The molecule has 0 radical (unpaired) electrons. The number of nitrogens with one attached hydrogen (secondary N) is 1. The molecular weight excluding hydrogens is 272 g/mol. The minimum Gasteiger partial charge on any atom is -0.481 e. The van der Waals surface area contributed by atoms with Gasteiger partial charge in [0.1, 0.15) is 10.7 Å². The van der Waals surface area contributed by atoms with E-state index in [0.717, 1.165) is 6.42 Å². The van der Waals surface area contributed by atoms with Gasteiger partial charge in [-0.1, -0.05) is 31.0 Å². The number of carboxylic acids is 1. The molecule has 0 aliphatic heterocycles. The maximum atomic E-state index is 11.0. The van der Waals surface area contributed by atoms with E-state index < -0.39 is 16.8 Å². The molecule has 0 saturated heterocycles. The van der Waals surface area contributed by atoms with Crippen LogP contribution in [0.5, 0.6) is 0 Å². The van der Waals surface area contributed by atoms with Gasteiger partial charge in [-0.3, -0.25) is 14.9 Å². The lowest BCUT2D eigenvalue weighted by atomic mass is 10.0. The summed E-state index contributed by atoms with van der Waals surface area (Å²) < 4.78 is 0. The zero-order chi connectivity index (χ0) is 14.4. The Morgan fingerprint density at radius 1 is 1.58 bits per heavy atom. The minimum atomic E-state index is -0.918. The highest BCUT2D eigenvalue weighted by Crippen LogP contribution is 2.32. The minimum absolute atomic E-state index is 0.0253. The molecule has 0 spiro atoms. The van der Waals surface area contributed by atoms with Crippen molar-refractivity contribution in [2.45, 2.75) is 19.8 Å². The van der Waals surface area contributed by atoms with E-state index in [1.165, 1.54) is 12.1 Å². The number of hydrogen-bond acceptors (Lipinski definition) is 4. The standard InChI is InChI=1S/C12H15ClN2O4/c1-2-4-8(12(16)17)7-14-10-6-3-5-9(13)11(10)15(18)19/h3,5-6,8,14H,2,4,7H2,1H3,(H,16,17). The summed E-state index contributed by atoms with van der Waals surface area (Å²) in [7, 11) is 0. The van der Waals surface area contributed by atoms with E-state index in [2.05, 4.69) is 5.32 Å². The van der Waals surface area contributed by atoms with Crippen LogP contribution in [0.1, 0.15) is 19.8 Å². The van der Waals surface area contributed by atoms with E-state index in [1.807, 2.05) is 6.92 Å². The smallest absolute Gasteiger partial charge is 0.310 e. The largest absolute Gasteiger partial charge is 0.481 e. The third kappa shape index (κ3) is 4.10. The Labute approximate surface area is 115 Å². The van der Waals surface area contributed by atoms with Crippen molar-refractivity contribution in [3.8, 4) is 0 Å². The summed E-state index contributed by atoms with van der Waals surface area (Å²) in [5.74, 6) is -1.50. The fourth-order valence-electron chi connectivity index (χ4n) is 1.74.